The summed E-state index contributed by atoms with van der Waals surface area (Å²) in [6, 6.07) is 9.68. The Balaban J connectivity index is 1.88. The van der Waals surface area contributed by atoms with Crippen molar-refractivity contribution >= 4 is 0 Å². The van der Waals surface area contributed by atoms with Gasteiger partial charge in [-0.1, -0.05) is 56.0 Å². The molecule has 0 heterocycles. The molecule has 0 bridgehead atoms. The van der Waals surface area contributed by atoms with Crippen LogP contribution in [0.4, 0.5) is 0 Å². The van der Waals surface area contributed by atoms with Gasteiger partial charge in [0.1, 0.15) is 0 Å². The summed E-state index contributed by atoms with van der Waals surface area (Å²) in [6.07, 6.45) is 9.62. The van der Waals surface area contributed by atoms with Crippen molar-refractivity contribution in [2.45, 2.75) is 64.8 Å². The predicted molar refractivity (Wildman–Crippen MR) is 88.1 cm³/mol. The molecule has 2 rings (SSSR count). The molecule has 1 aliphatic rings. The minimum atomic E-state index is 0.699. The summed E-state index contributed by atoms with van der Waals surface area (Å²) in [7, 11) is 2.15. The van der Waals surface area contributed by atoms with Crippen LogP contribution in [0.15, 0.2) is 24.3 Å². The fraction of sp³-hybridized carbons (Fsp3) is 0.684. The number of aryl methyl sites for hydroxylation is 2. The van der Waals surface area contributed by atoms with Crippen molar-refractivity contribution in [3.8, 4) is 0 Å². The topological polar surface area (TPSA) is 12.0 Å². The molecule has 1 N–H and O–H groups in total. The van der Waals surface area contributed by atoms with Gasteiger partial charge in [-0.15, -0.1) is 0 Å². The molecule has 0 aliphatic heterocycles. The molecule has 20 heavy (non-hydrogen) atoms. The average molecular weight is 273 g/mol. The summed E-state index contributed by atoms with van der Waals surface area (Å²) in [5.41, 5.74) is 2.88. The van der Waals surface area contributed by atoms with Crippen LogP contribution in [0.5, 0.6) is 0 Å². The molecule has 0 saturated heterocycles. The van der Waals surface area contributed by atoms with E-state index in [1.807, 2.05) is 0 Å². The van der Waals surface area contributed by atoms with Gasteiger partial charge in [0.25, 0.3) is 0 Å². The van der Waals surface area contributed by atoms with Gasteiger partial charge in [0.05, 0.1) is 0 Å². The lowest BCUT2D eigenvalue weighted by molar-refractivity contribution is 0.207. The minimum Gasteiger partial charge on any atom is -0.317 e. The zero-order valence-corrected chi connectivity index (χ0v) is 13.5. The van der Waals surface area contributed by atoms with Crippen LogP contribution >= 0.6 is 0 Å². The fourth-order valence-electron chi connectivity index (χ4n) is 3.87. The Bertz CT molecular complexity index is 399. The van der Waals surface area contributed by atoms with E-state index in [4.69, 9.17) is 0 Å². The third kappa shape index (κ3) is 4.34. The average Bonchev–Trinajstić information content (AvgIpc) is 2.48. The zero-order chi connectivity index (χ0) is 14.4. The van der Waals surface area contributed by atoms with Crippen LogP contribution in [0.25, 0.3) is 0 Å². The van der Waals surface area contributed by atoms with Crippen LogP contribution < -0.4 is 5.32 Å². The van der Waals surface area contributed by atoms with Crippen LogP contribution in [0, 0.1) is 18.8 Å². The first-order chi connectivity index (χ1) is 9.72. The summed E-state index contributed by atoms with van der Waals surface area (Å²) >= 11 is 0. The summed E-state index contributed by atoms with van der Waals surface area (Å²) in [5.74, 6) is 1.87. The van der Waals surface area contributed by atoms with Crippen molar-refractivity contribution < 1.29 is 0 Å². The summed E-state index contributed by atoms with van der Waals surface area (Å²) < 4.78 is 0. The molecular weight excluding hydrogens is 242 g/mol. The zero-order valence-electron chi connectivity index (χ0n) is 13.5. The third-order valence-electron chi connectivity index (χ3n) is 5.17. The third-order valence-corrected chi connectivity index (χ3v) is 5.17. The van der Waals surface area contributed by atoms with Gasteiger partial charge in [-0.2, -0.15) is 0 Å². The first-order valence-electron chi connectivity index (χ1n) is 8.45. The first kappa shape index (κ1) is 15.6. The lowest BCUT2D eigenvalue weighted by Crippen LogP contribution is -2.36. The van der Waals surface area contributed by atoms with Crippen LogP contribution in [-0.4, -0.2) is 13.1 Å². The van der Waals surface area contributed by atoms with Crippen LogP contribution in [0.1, 0.15) is 56.6 Å². The van der Waals surface area contributed by atoms with Gasteiger partial charge >= 0.3 is 0 Å². The fourth-order valence-corrected chi connectivity index (χ4v) is 3.87. The molecule has 1 aliphatic carbocycles. The van der Waals surface area contributed by atoms with E-state index in [-0.39, 0.29) is 0 Å². The summed E-state index contributed by atoms with van der Waals surface area (Å²) in [4.78, 5) is 0. The molecule has 1 aromatic carbocycles. The highest BCUT2D eigenvalue weighted by Crippen LogP contribution is 2.34. The second-order valence-corrected chi connectivity index (χ2v) is 6.62. The van der Waals surface area contributed by atoms with Crippen LogP contribution in [0.3, 0.4) is 0 Å². The second-order valence-electron chi connectivity index (χ2n) is 6.62. The Morgan fingerprint density at radius 3 is 2.85 bits per heavy atom. The molecule has 0 amide bonds. The Morgan fingerprint density at radius 2 is 2.15 bits per heavy atom. The van der Waals surface area contributed by atoms with Crippen molar-refractivity contribution in [1.29, 1.82) is 0 Å². The molecule has 1 saturated carbocycles. The van der Waals surface area contributed by atoms with E-state index in [1.54, 1.807) is 0 Å². The van der Waals surface area contributed by atoms with E-state index in [2.05, 4.69) is 50.5 Å². The van der Waals surface area contributed by atoms with E-state index < -0.39 is 0 Å². The lowest BCUT2D eigenvalue weighted by Gasteiger charge is -2.34. The Morgan fingerprint density at radius 1 is 1.30 bits per heavy atom. The molecule has 112 valence electrons. The van der Waals surface area contributed by atoms with E-state index in [9.17, 15) is 0 Å². The van der Waals surface area contributed by atoms with Gasteiger partial charge in [-0.05, 0) is 57.1 Å². The van der Waals surface area contributed by atoms with Crippen molar-refractivity contribution in [3.05, 3.63) is 35.4 Å². The highest BCUT2D eigenvalue weighted by Gasteiger charge is 2.26. The van der Waals surface area contributed by atoms with Gasteiger partial charge in [-0.3, -0.25) is 0 Å². The number of rotatable bonds is 6. The van der Waals surface area contributed by atoms with E-state index >= 15 is 0 Å². The van der Waals surface area contributed by atoms with Gasteiger partial charge in [0.2, 0.25) is 0 Å². The second kappa shape index (κ2) is 7.83. The highest BCUT2D eigenvalue weighted by atomic mass is 14.9. The van der Waals surface area contributed by atoms with Gasteiger partial charge in [-0.25, -0.2) is 0 Å². The van der Waals surface area contributed by atoms with Crippen molar-refractivity contribution in [1.82, 2.24) is 5.32 Å². The molecule has 3 unspecified atom stereocenters. The molecule has 1 nitrogen and oxygen atoms in total. The van der Waals surface area contributed by atoms with Crippen molar-refractivity contribution in [3.63, 3.8) is 0 Å². The quantitative estimate of drug-likeness (QED) is 0.790. The van der Waals surface area contributed by atoms with E-state index in [1.165, 1.54) is 56.1 Å². The molecule has 1 aromatic rings. The highest BCUT2D eigenvalue weighted by molar-refractivity contribution is 5.22. The molecule has 0 radical (unpaired) electrons. The smallest absolute Gasteiger partial charge is 0.00955 e. The Kier molecular flexibility index (Phi) is 6.09. The maximum absolute atomic E-state index is 3.60. The van der Waals surface area contributed by atoms with Crippen molar-refractivity contribution in [2.75, 3.05) is 7.05 Å². The predicted octanol–water partition coefficient (Wildman–Crippen LogP) is 4.73. The standard InChI is InChI=1S/C19H31N/c1-4-16-8-6-10-18(14-16)19(20-3)12-11-17-9-5-7-15(2)13-17/h5,7,9,13,16,18-20H,4,6,8,10-12,14H2,1-3H3. The SMILES string of the molecule is CCC1CCCC(C(CCc2cccc(C)c2)NC)C1. The number of hydrogen-bond acceptors (Lipinski definition) is 1. The van der Waals surface area contributed by atoms with Gasteiger partial charge < -0.3 is 5.32 Å². The largest absolute Gasteiger partial charge is 0.317 e. The van der Waals surface area contributed by atoms with Crippen LogP contribution in [-0.2, 0) is 6.42 Å². The van der Waals surface area contributed by atoms with Crippen LogP contribution in [0.2, 0.25) is 0 Å². The number of benzene rings is 1. The number of hydrogen-bond donors (Lipinski definition) is 1. The normalized spacial score (nSPS) is 24.6. The molecule has 0 aromatic heterocycles. The van der Waals surface area contributed by atoms with E-state index in [0.29, 0.717) is 6.04 Å². The molecule has 0 spiro atoms. The van der Waals surface area contributed by atoms with E-state index in [0.717, 1.165) is 11.8 Å². The van der Waals surface area contributed by atoms with Crippen molar-refractivity contribution in [2.24, 2.45) is 11.8 Å². The van der Waals surface area contributed by atoms with Gasteiger partial charge in [0, 0.05) is 6.04 Å². The minimum absolute atomic E-state index is 0.699. The van der Waals surface area contributed by atoms with Gasteiger partial charge in [0.15, 0.2) is 0 Å². The lowest BCUT2D eigenvalue weighted by atomic mass is 9.75. The Hall–Kier alpha value is -0.820. The molecule has 3 atom stereocenters. The molecule has 1 fully saturated rings. The monoisotopic (exact) mass is 273 g/mol. The number of nitrogens with one attached hydrogen (secondary N) is 1. The maximum Gasteiger partial charge on any atom is 0.00955 e. The first-order valence-corrected chi connectivity index (χ1v) is 8.45. The molecular formula is C19H31N. The summed E-state index contributed by atoms with van der Waals surface area (Å²) in [6.45, 7) is 4.54. The summed E-state index contributed by atoms with van der Waals surface area (Å²) in [5, 5.41) is 3.60. The molecule has 1 heteroatoms. The Labute approximate surface area is 125 Å². The maximum atomic E-state index is 3.60.